The zero-order valence-electron chi connectivity index (χ0n) is 3.27. The zero-order valence-corrected chi connectivity index (χ0v) is 5.68. The molecule has 0 aliphatic carbocycles. The number of rotatable bonds is 2. The molecule has 0 aromatic heterocycles. The molecule has 8 heavy (non-hydrogen) atoms. The second-order valence-corrected chi connectivity index (χ2v) is 2.79. The lowest BCUT2D eigenvalue weighted by Gasteiger charge is -1.82. The molecule has 0 spiro atoms. The Kier molecular flexibility index (Phi) is 2.31. The Bertz CT molecular complexity index is 179. The van der Waals surface area contributed by atoms with Crippen LogP contribution in [0.4, 0.5) is 0 Å². The fraction of sp³-hybridized carbons (Fsp3) is 0. The predicted octanol–water partition coefficient (Wildman–Crippen LogP) is -0.166. The fourth-order valence-electron chi connectivity index (χ4n) is 0.0230. The van der Waals surface area contributed by atoms with Gasteiger partial charge in [0.15, 0.2) is 4.33 Å². The number of hydrogen-bond acceptors (Lipinski definition) is 5. The van der Waals surface area contributed by atoms with Crippen LogP contribution >= 0.6 is 16.3 Å². The molecule has 0 heterocycles. The van der Waals surface area contributed by atoms with E-state index in [1.807, 2.05) is 16.3 Å². The average molecular weight is 206 g/mol. The maximum Gasteiger partial charge on any atom is 0.577 e. The van der Waals surface area contributed by atoms with Crippen molar-refractivity contribution in [3.8, 4) is 0 Å². The molecule has 8 heteroatoms. The van der Waals surface area contributed by atoms with Crippen LogP contribution in [0.5, 0.6) is 0 Å². The summed E-state index contributed by atoms with van der Waals surface area (Å²) in [6.07, 6.45) is 0. The number of hydrogen-bond donors (Lipinski definition) is 0. The van der Waals surface area contributed by atoms with Crippen LogP contribution in [0.25, 0.3) is 0 Å². The summed E-state index contributed by atoms with van der Waals surface area (Å²) in [5, 5.41) is 9.31. The lowest BCUT2D eigenvalue weighted by Crippen LogP contribution is -2.10. The molecule has 0 radical (unpaired) electrons. The van der Waals surface area contributed by atoms with Gasteiger partial charge in [-0.3, -0.25) is 0 Å². The highest BCUT2D eigenvalue weighted by Crippen LogP contribution is 1.97. The Morgan fingerprint density at radius 1 is 1.62 bits per heavy atom. The molecule has 0 amide bonds. The summed E-state index contributed by atoms with van der Waals surface area (Å²) in [4.78, 5) is 9.31. The summed E-state index contributed by atoms with van der Waals surface area (Å²) >= 11 is 1.94. The molecule has 0 fully saturated rings. The molecule has 0 aliphatic heterocycles. The Labute approximate surface area is 53.3 Å². The van der Waals surface area contributed by atoms with Crippen LogP contribution in [0.15, 0.2) is 0 Å². The van der Waals surface area contributed by atoms with Crippen molar-refractivity contribution in [1.29, 1.82) is 0 Å². The number of nitro groups is 1. The molecule has 48 valence electrons. The van der Waals surface area contributed by atoms with E-state index < -0.39 is 14.6 Å². The van der Waals surface area contributed by atoms with Gasteiger partial charge in [-0.2, -0.15) is 0 Å². The summed E-state index contributed by atoms with van der Waals surface area (Å²) in [7, 11) is -4.60. The SMILES string of the molecule is O=[N+]([O-])S(=O)(=O)OBr. The molecule has 0 N–H and O–H groups in total. The Hall–Kier alpha value is -0.210. The van der Waals surface area contributed by atoms with Crippen LogP contribution in [0.3, 0.4) is 0 Å². The van der Waals surface area contributed by atoms with Crippen molar-refractivity contribution in [2.45, 2.75) is 0 Å². The van der Waals surface area contributed by atoms with Crippen LogP contribution in [0.2, 0.25) is 0 Å². The highest BCUT2D eigenvalue weighted by atomic mass is 79.9. The third-order valence-corrected chi connectivity index (χ3v) is 1.79. The molecule has 0 atom stereocenters. The minimum atomic E-state index is -4.60. The molecule has 0 saturated carbocycles. The first-order valence-electron chi connectivity index (χ1n) is 1.20. The molecular formula is BrNO5S. The lowest BCUT2D eigenvalue weighted by molar-refractivity contribution is -0.313. The van der Waals surface area contributed by atoms with E-state index in [0.29, 0.717) is 0 Å². The summed E-state index contributed by atoms with van der Waals surface area (Å²) in [5.74, 6) is 0. The first kappa shape index (κ1) is 7.79. The van der Waals surface area contributed by atoms with Gasteiger partial charge in [0.2, 0.25) is 0 Å². The quantitative estimate of drug-likeness (QED) is 0.462. The van der Waals surface area contributed by atoms with Gasteiger partial charge < -0.3 is 0 Å². The van der Waals surface area contributed by atoms with Crippen molar-refractivity contribution in [1.82, 2.24) is 0 Å². The maximum atomic E-state index is 9.73. The van der Waals surface area contributed by atoms with Crippen LogP contribution in [-0.4, -0.2) is 12.7 Å². The lowest BCUT2D eigenvalue weighted by atomic mass is 13.4. The third-order valence-electron chi connectivity index (χ3n) is 0.262. The van der Waals surface area contributed by atoms with Gasteiger partial charge in [0.25, 0.3) is 0 Å². The largest absolute Gasteiger partial charge is 0.577 e. The van der Waals surface area contributed by atoms with Crippen LogP contribution in [-0.2, 0) is 13.6 Å². The number of halogens is 1. The molecule has 0 saturated heterocycles. The van der Waals surface area contributed by atoms with Gasteiger partial charge in [0.1, 0.15) is 16.3 Å². The molecule has 0 aromatic carbocycles. The van der Waals surface area contributed by atoms with Gasteiger partial charge in [-0.15, -0.1) is 11.7 Å². The Balaban J connectivity index is 4.42. The highest BCUT2D eigenvalue weighted by Gasteiger charge is 2.23. The fourth-order valence-corrected chi connectivity index (χ4v) is 0.359. The van der Waals surface area contributed by atoms with E-state index in [1.165, 1.54) is 0 Å². The second-order valence-electron chi connectivity index (χ2n) is 0.714. The van der Waals surface area contributed by atoms with Crippen molar-refractivity contribution in [3.05, 3.63) is 10.1 Å². The average Bonchev–Trinajstić information content (AvgIpc) is 1.67. The van der Waals surface area contributed by atoms with E-state index in [2.05, 4.69) is 3.27 Å². The maximum absolute atomic E-state index is 9.73. The predicted molar refractivity (Wildman–Crippen MR) is 25.9 cm³/mol. The minimum absolute atomic E-state index is 1.55. The summed E-state index contributed by atoms with van der Waals surface area (Å²) < 4.78 is 21.2. The summed E-state index contributed by atoms with van der Waals surface area (Å²) in [5.41, 5.74) is 0. The van der Waals surface area contributed by atoms with Crippen LogP contribution < -0.4 is 0 Å². The van der Waals surface area contributed by atoms with Crippen LogP contribution in [0, 0.1) is 10.1 Å². The van der Waals surface area contributed by atoms with Gasteiger partial charge in [0.05, 0.1) is 0 Å². The van der Waals surface area contributed by atoms with Gasteiger partial charge in [-0.1, -0.05) is 0 Å². The van der Waals surface area contributed by atoms with E-state index >= 15 is 0 Å². The smallest absolute Gasteiger partial charge is 0.245 e. The van der Waals surface area contributed by atoms with Gasteiger partial charge in [-0.05, 0) is 0 Å². The van der Waals surface area contributed by atoms with Crippen molar-refractivity contribution in [2.75, 3.05) is 0 Å². The Morgan fingerprint density at radius 3 is 2.00 bits per heavy atom. The molecule has 0 aliphatic rings. The van der Waals surface area contributed by atoms with E-state index in [0.717, 1.165) is 0 Å². The van der Waals surface area contributed by atoms with E-state index in [1.54, 1.807) is 0 Å². The van der Waals surface area contributed by atoms with Gasteiger partial charge >= 0.3 is 10.3 Å². The molecule has 0 rings (SSSR count). The van der Waals surface area contributed by atoms with Crippen molar-refractivity contribution >= 4 is 26.6 Å². The zero-order chi connectivity index (χ0) is 6.78. The van der Waals surface area contributed by atoms with Gasteiger partial charge in [0, 0.05) is 0 Å². The first-order valence-corrected chi connectivity index (χ1v) is 3.21. The molecule has 0 aromatic rings. The molecular weight excluding hydrogens is 206 g/mol. The highest BCUT2D eigenvalue weighted by molar-refractivity contribution is 9.06. The normalized spacial score (nSPS) is 11.1. The monoisotopic (exact) mass is 205 g/mol. The second kappa shape index (κ2) is 2.37. The summed E-state index contributed by atoms with van der Waals surface area (Å²) in [6.45, 7) is 0. The minimum Gasteiger partial charge on any atom is -0.245 e. The third kappa shape index (κ3) is 1.72. The van der Waals surface area contributed by atoms with Crippen molar-refractivity contribution in [3.63, 3.8) is 0 Å². The topological polar surface area (TPSA) is 86.5 Å². The van der Waals surface area contributed by atoms with Crippen LogP contribution in [0.1, 0.15) is 0 Å². The molecule has 6 nitrogen and oxygen atoms in total. The Morgan fingerprint density at radius 2 is 2.00 bits per heavy atom. The van der Waals surface area contributed by atoms with Crippen molar-refractivity contribution in [2.24, 2.45) is 0 Å². The van der Waals surface area contributed by atoms with E-state index in [9.17, 15) is 18.5 Å². The van der Waals surface area contributed by atoms with Gasteiger partial charge in [-0.25, -0.2) is 10.1 Å². The van der Waals surface area contributed by atoms with Crippen molar-refractivity contribution < 1.29 is 16.0 Å². The van der Waals surface area contributed by atoms with E-state index in [4.69, 9.17) is 0 Å². The first-order chi connectivity index (χ1) is 3.50. The molecule has 0 unspecified atom stereocenters. The summed E-state index contributed by atoms with van der Waals surface area (Å²) in [6, 6.07) is 0. The standard InChI is InChI=1S/BrNO5S/c1-7-8(5,6)2(3)4. The number of nitrogens with zero attached hydrogens (tertiary/aromatic N) is 1. The van der Waals surface area contributed by atoms with E-state index in [-0.39, 0.29) is 0 Å². The molecule has 0 bridgehead atoms.